The summed E-state index contributed by atoms with van der Waals surface area (Å²) in [5.74, 6) is -0.130. The van der Waals surface area contributed by atoms with Crippen LogP contribution in [-0.2, 0) is 14.3 Å². The molecule has 1 saturated heterocycles. The molecule has 0 unspecified atom stereocenters. The summed E-state index contributed by atoms with van der Waals surface area (Å²) in [5.41, 5.74) is 1.15. The largest absolute Gasteiger partial charge is 0.450 e. The van der Waals surface area contributed by atoms with E-state index in [-0.39, 0.29) is 48.8 Å². The third-order valence-corrected chi connectivity index (χ3v) is 4.01. The number of anilines is 2. The fourth-order valence-electron chi connectivity index (χ4n) is 2.92. The third-order valence-electron chi connectivity index (χ3n) is 3.80. The molecular weight excluding hydrogens is 404 g/mol. The second kappa shape index (κ2) is 11.8. The minimum atomic E-state index is -0.632. The number of morpholine rings is 1. The number of alkyl carbamates (subject to hydrolysis) is 1. The standard InChI is InChI=1S/C18H26N4O4S.ClH/c1-4-25-18(24)21-17(27)20-15-8-6-5-7-14(15)19-16(23)11-22-9-12(2)26-13(3)10-22;/h5-8,12-13H,4,9-11H2,1-3H3,(H,19,23)(H2,20,21,24,27);1H/t12-,13+;. The van der Waals surface area contributed by atoms with Gasteiger partial charge in [0.25, 0.3) is 0 Å². The number of para-hydroxylation sites is 2. The molecule has 3 N–H and O–H groups in total. The number of ether oxygens (including phenoxy) is 2. The lowest BCUT2D eigenvalue weighted by atomic mass is 10.2. The average Bonchev–Trinajstić information content (AvgIpc) is 2.55. The van der Waals surface area contributed by atoms with E-state index in [1.54, 1.807) is 25.1 Å². The molecule has 28 heavy (non-hydrogen) atoms. The number of thiocarbonyl (C=S) groups is 1. The van der Waals surface area contributed by atoms with Crippen molar-refractivity contribution in [3.8, 4) is 0 Å². The van der Waals surface area contributed by atoms with Crippen LogP contribution in [0.3, 0.4) is 0 Å². The Morgan fingerprint density at radius 1 is 1.18 bits per heavy atom. The minimum absolute atomic E-state index is 0. The summed E-state index contributed by atoms with van der Waals surface area (Å²) >= 11 is 5.10. The van der Waals surface area contributed by atoms with Crippen LogP contribution < -0.4 is 16.0 Å². The number of amides is 2. The van der Waals surface area contributed by atoms with Crippen LogP contribution in [0.4, 0.5) is 16.2 Å². The number of halogens is 1. The highest BCUT2D eigenvalue weighted by molar-refractivity contribution is 7.80. The maximum atomic E-state index is 12.5. The number of hydrogen-bond acceptors (Lipinski definition) is 6. The molecule has 2 amide bonds. The molecule has 0 spiro atoms. The number of nitrogens with zero attached hydrogens (tertiary/aromatic N) is 1. The van der Waals surface area contributed by atoms with Crippen molar-refractivity contribution in [2.45, 2.75) is 33.0 Å². The van der Waals surface area contributed by atoms with E-state index in [0.29, 0.717) is 24.5 Å². The van der Waals surface area contributed by atoms with Gasteiger partial charge in [0, 0.05) is 13.1 Å². The van der Waals surface area contributed by atoms with Gasteiger partial charge in [-0.1, -0.05) is 12.1 Å². The molecule has 0 saturated carbocycles. The summed E-state index contributed by atoms with van der Waals surface area (Å²) < 4.78 is 10.5. The summed E-state index contributed by atoms with van der Waals surface area (Å²) in [4.78, 5) is 26.0. The van der Waals surface area contributed by atoms with Crippen molar-refractivity contribution in [2.75, 3.05) is 36.9 Å². The van der Waals surface area contributed by atoms with Gasteiger partial charge in [0.2, 0.25) is 5.91 Å². The molecule has 1 aliphatic rings. The van der Waals surface area contributed by atoms with E-state index in [2.05, 4.69) is 20.9 Å². The lowest BCUT2D eigenvalue weighted by molar-refractivity contribution is -0.121. The van der Waals surface area contributed by atoms with Crippen molar-refractivity contribution >= 4 is 53.1 Å². The van der Waals surface area contributed by atoms with Crippen LogP contribution in [0, 0.1) is 0 Å². The highest BCUT2D eigenvalue weighted by Gasteiger charge is 2.23. The molecule has 1 heterocycles. The van der Waals surface area contributed by atoms with Crippen molar-refractivity contribution in [1.29, 1.82) is 0 Å². The maximum Gasteiger partial charge on any atom is 0.413 e. The number of nitrogens with one attached hydrogen (secondary N) is 3. The Kier molecular flexibility index (Phi) is 10.2. The number of carbonyl (C=O) groups excluding carboxylic acids is 2. The number of benzene rings is 1. The highest BCUT2D eigenvalue weighted by Crippen LogP contribution is 2.21. The van der Waals surface area contributed by atoms with Crippen LogP contribution >= 0.6 is 24.6 Å². The van der Waals surface area contributed by atoms with Gasteiger partial charge in [-0.25, -0.2) is 4.79 Å². The monoisotopic (exact) mass is 430 g/mol. The molecule has 0 radical (unpaired) electrons. The molecule has 1 aromatic carbocycles. The minimum Gasteiger partial charge on any atom is -0.450 e. The Bertz CT molecular complexity index is 681. The summed E-state index contributed by atoms with van der Waals surface area (Å²) in [6.07, 6.45) is -0.435. The molecule has 0 aromatic heterocycles. The topological polar surface area (TPSA) is 91.9 Å². The van der Waals surface area contributed by atoms with Gasteiger partial charge in [-0.3, -0.25) is 15.0 Å². The quantitative estimate of drug-likeness (QED) is 0.618. The summed E-state index contributed by atoms with van der Waals surface area (Å²) in [7, 11) is 0. The van der Waals surface area contributed by atoms with E-state index in [9.17, 15) is 9.59 Å². The average molecular weight is 431 g/mol. The Balaban J connectivity index is 0.00000392. The molecule has 2 atom stereocenters. The van der Waals surface area contributed by atoms with Crippen molar-refractivity contribution < 1.29 is 19.1 Å². The first-order valence-corrected chi connectivity index (χ1v) is 9.29. The molecule has 1 aromatic rings. The van der Waals surface area contributed by atoms with Gasteiger partial charge in [-0.15, -0.1) is 12.4 Å². The Hall–Kier alpha value is -1.94. The van der Waals surface area contributed by atoms with E-state index in [4.69, 9.17) is 21.7 Å². The van der Waals surface area contributed by atoms with Crippen LogP contribution in [0.5, 0.6) is 0 Å². The van der Waals surface area contributed by atoms with Crippen molar-refractivity contribution in [2.24, 2.45) is 0 Å². The van der Waals surface area contributed by atoms with Gasteiger partial charge in [0.15, 0.2) is 5.11 Å². The Morgan fingerprint density at radius 3 is 2.32 bits per heavy atom. The van der Waals surface area contributed by atoms with E-state index < -0.39 is 6.09 Å². The Morgan fingerprint density at radius 2 is 1.75 bits per heavy atom. The molecule has 10 heteroatoms. The normalized spacial score (nSPS) is 19.1. The van der Waals surface area contributed by atoms with Gasteiger partial charge < -0.3 is 20.1 Å². The second-order valence-corrected chi connectivity index (χ2v) is 6.75. The second-order valence-electron chi connectivity index (χ2n) is 6.34. The lowest BCUT2D eigenvalue weighted by Gasteiger charge is -2.34. The van der Waals surface area contributed by atoms with Crippen LogP contribution in [0.1, 0.15) is 20.8 Å². The number of rotatable bonds is 5. The summed E-state index contributed by atoms with van der Waals surface area (Å²) in [6.45, 7) is 7.65. The molecule has 0 bridgehead atoms. The molecule has 1 fully saturated rings. The van der Waals surface area contributed by atoms with Gasteiger partial charge in [-0.2, -0.15) is 0 Å². The number of carbonyl (C=O) groups is 2. The molecule has 8 nitrogen and oxygen atoms in total. The van der Waals surface area contributed by atoms with Crippen molar-refractivity contribution in [3.05, 3.63) is 24.3 Å². The van der Waals surface area contributed by atoms with Crippen LogP contribution in [0.15, 0.2) is 24.3 Å². The van der Waals surface area contributed by atoms with Crippen molar-refractivity contribution in [3.63, 3.8) is 0 Å². The molecule has 1 aliphatic heterocycles. The van der Waals surface area contributed by atoms with E-state index in [1.807, 2.05) is 19.9 Å². The zero-order valence-electron chi connectivity index (χ0n) is 16.2. The fourth-order valence-corrected chi connectivity index (χ4v) is 3.11. The zero-order valence-corrected chi connectivity index (χ0v) is 17.8. The molecule has 2 rings (SSSR count). The van der Waals surface area contributed by atoms with E-state index in [1.165, 1.54) is 0 Å². The smallest absolute Gasteiger partial charge is 0.413 e. The maximum absolute atomic E-state index is 12.5. The number of hydrogen-bond donors (Lipinski definition) is 3. The first-order valence-electron chi connectivity index (χ1n) is 8.88. The SMILES string of the molecule is CCOC(=O)NC(=S)Nc1ccccc1NC(=O)CN1C[C@@H](C)O[C@@H](C)C1.Cl. The van der Waals surface area contributed by atoms with Gasteiger partial charge in [-0.05, 0) is 45.1 Å². The van der Waals surface area contributed by atoms with Gasteiger partial charge in [0.05, 0.1) is 36.7 Å². The molecule has 156 valence electrons. The van der Waals surface area contributed by atoms with Gasteiger partial charge in [0.1, 0.15) is 0 Å². The lowest BCUT2D eigenvalue weighted by Crippen LogP contribution is -2.48. The zero-order chi connectivity index (χ0) is 19.8. The third kappa shape index (κ3) is 7.97. The van der Waals surface area contributed by atoms with Crippen LogP contribution in [0.2, 0.25) is 0 Å². The fraction of sp³-hybridized carbons (Fsp3) is 0.500. The predicted molar refractivity (Wildman–Crippen MR) is 115 cm³/mol. The predicted octanol–water partition coefficient (Wildman–Crippen LogP) is 2.60. The first-order chi connectivity index (χ1) is 12.9. The van der Waals surface area contributed by atoms with Crippen LogP contribution in [-0.4, -0.2) is 60.5 Å². The van der Waals surface area contributed by atoms with E-state index >= 15 is 0 Å². The van der Waals surface area contributed by atoms with Crippen molar-refractivity contribution in [1.82, 2.24) is 10.2 Å². The van der Waals surface area contributed by atoms with Gasteiger partial charge >= 0.3 is 6.09 Å². The van der Waals surface area contributed by atoms with Crippen LogP contribution in [0.25, 0.3) is 0 Å². The molecule has 0 aliphatic carbocycles. The Labute approximate surface area is 176 Å². The van der Waals surface area contributed by atoms with E-state index in [0.717, 1.165) is 0 Å². The molecular formula is C18H27ClN4O4S. The summed E-state index contributed by atoms with van der Waals surface area (Å²) in [6, 6.07) is 7.13. The summed E-state index contributed by atoms with van der Waals surface area (Å²) in [5, 5.41) is 8.28. The highest BCUT2D eigenvalue weighted by atomic mass is 35.5. The first kappa shape index (κ1) is 24.1.